The van der Waals surface area contributed by atoms with E-state index in [9.17, 15) is 22.4 Å². The average Bonchev–Trinajstić information content (AvgIpc) is 3.00. The number of carbonyl (C=O) groups excluding carboxylic acids is 1. The molecule has 1 amide bonds. The van der Waals surface area contributed by atoms with Crippen LogP contribution in [0.1, 0.15) is 29.8 Å². The smallest absolute Gasteiger partial charge is 0.435 e. The lowest BCUT2D eigenvalue weighted by Gasteiger charge is -2.15. The number of alkyl halides is 3. The Labute approximate surface area is 153 Å². The van der Waals surface area contributed by atoms with E-state index in [1.807, 2.05) is 0 Å². The number of ether oxygens (including phenoxy) is 1. The van der Waals surface area contributed by atoms with Crippen LogP contribution in [0.3, 0.4) is 0 Å². The molecule has 1 aromatic heterocycles. The summed E-state index contributed by atoms with van der Waals surface area (Å²) in [4.78, 5) is 11.8. The van der Waals surface area contributed by atoms with Crippen LogP contribution in [0.5, 0.6) is 5.75 Å². The molecule has 2 aromatic rings. The van der Waals surface area contributed by atoms with Gasteiger partial charge < -0.3 is 10.1 Å². The molecule has 1 N–H and O–H groups in total. The molecule has 9 heteroatoms. The van der Waals surface area contributed by atoms with Crippen LogP contribution in [-0.2, 0) is 30.4 Å². The number of aromatic nitrogens is 2. The molecule has 0 saturated carbocycles. The lowest BCUT2D eigenvalue weighted by molar-refractivity contribution is -0.142. The molecule has 1 aliphatic rings. The van der Waals surface area contributed by atoms with Gasteiger partial charge in [0.15, 0.2) is 23.9 Å². The minimum atomic E-state index is -4.48. The van der Waals surface area contributed by atoms with Gasteiger partial charge in [-0.1, -0.05) is 12.1 Å². The van der Waals surface area contributed by atoms with Crippen molar-refractivity contribution < 1.29 is 27.1 Å². The maximum atomic E-state index is 13.4. The fraction of sp³-hybridized carbons (Fsp3) is 0.444. The Morgan fingerprint density at radius 2 is 1.96 bits per heavy atom. The summed E-state index contributed by atoms with van der Waals surface area (Å²) in [5.74, 6) is -1.10. The number of nitrogens with zero attached hydrogens (tertiary/aromatic N) is 2. The normalized spacial score (nSPS) is 13.9. The van der Waals surface area contributed by atoms with E-state index in [0.717, 1.165) is 6.42 Å². The Hall–Kier alpha value is -2.58. The standard InChI is InChI=1S/C18H19F4N3O2/c19-13-6-2-4-8-15(13)27-11-16(26)23-9-10-25-14-7-3-1-5-12(14)17(24-25)18(20,21)22/h2,4,6,8H,1,3,5,7,9-11H2,(H,23,26). The number of nitrogens with one attached hydrogen (secondary N) is 1. The van der Waals surface area contributed by atoms with Crippen LogP contribution < -0.4 is 10.1 Å². The Morgan fingerprint density at radius 1 is 1.22 bits per heavy atom. The predicted molar refractivity (Wildman–Crippen MR) is 88.8 cm³/mol. The second-order valence-electron chi connectivity index (χ2n) is 6.27. The maximum absolute atomic E-state index is 13.4. The van der Waals surface area contributed by atoms with Crippen LogP contribution in [-0.4, -0.2) is 28.8 Å². The van der Waals surface area contributed by atoms with Gasteiger partial charge in [0, 0.05) is 17.8 Å². The third-order valence-corrected chi connectivity index (χ3v) is 4.37. The van der Waals surface area contributed by atoms with Gasteiger partial charge in [0.2, 0.25) is 0 Å². The third kappa shape index (κ3) is 4.58. The molecule has 0 radical (unpaired) electrons. The summed E-state index contributed by atoms with van der Waals surface area (Å²) >= 11 is 0. The summed E-state index contributed by atoms with van der Waals surface area (Å²) in [7, 11) is 0. The van der Waals surface area contributed by atoms with E-state index in [-0.39, 0.29) is 31.0 Å². The molecule has 0 fully saturated rings. The van der Waals surface area contributed by atoms with E-state index in [2.05, 4.69) is 10.4 Å². The fourth-order valence-corrected chi connectivity index (χ4v) is 3.14. The van der Waals surface area contributed by atoms with E-state index >= 15 is 0 Å². The first-order chi connectivity index (χ1) is 12.9. The summed E-state index contributed by atoms with van der Waals surface area (Å²) < 4.78 is 59.2. The third-order valence-electron chi connectivity index (χ3n) is 4.37. The van der Waals surface area contributed by atoms with Gasteiger partial charge in [-0.15, -0.1) is 0 Å². The lowest BCUT2D eigenvalue weighted by atomic mass is 9.95. The minimum absolute atomic E-state index is 0.0383. The molecule has 0 spiro atoms. The molecule has 0 unspecified atom stereocenters. The molecule has 0 saturated heterocycles. The number of amides is 1. The number of fused-ring (bicyclic) bond motifs is 1. The summed E-state index contributed by atoms with van der Waals surface area (Å²) in [6, 6.07) is 5.70. The molecule has 146 valence electrons. The Morgan fingerprint density at radius 3 is 2.70 bits per heavy atom. The van der Waals surface area contributed by atoms with Gasteiger partial charge >= 0.3 is 6.18 Å². The number of rotatable bonds is 6. The van der Waals surface area contributed by atoms with Crippen LogP contribution >= 0.6 is 0 Å². The molecule has 0 bridgehead atoms. The van der Waals surface area contributed by atoms with Crippen molar-refractivity contribution in [2.45, 2.75) is 38.4 Å². The molecule has 27 heavy (non-hydrogen) atoms. The molecular weight excluding hydrogens is 366 g/mol. The van der Waals surface area contributed by atoms with E-state index in [1.165, 1.54) is 22.9 Å². The lowest BCUT2D eigenvalue weighted by Crippen LogP contribution is -2.32. The van der Waals surface area contributed by atoms with Crippen LogP contribution in [0, 0.1) is 5.82 Å². The van der Waals surface area contributed by atoms with Gasteiger partial charge in [0.25, 0.3) is 5.91 Å². The van der Waals surface area contributed by atoms with Crippen molar-refractivity contribution in [1.82, 2.24) is 15.1 Å². The van der Waals surface area contributed by atoms with Crippen molar-refractivity contribution >= 4 is 5.91 Å². The molecule has 3 rings (SSSR count). The molecular formula is C18H19F4N3O2. The Balaban J connectivity index is 1.55. The molecule has 1 aliphatic carbocycles. The zero-order valence-electron chi connectivity index (χ0n) is 14.5. The minimum Gasteiger partial charge on any atom is -0.481 e. The highest BCUT2D eigenvalue weighted by molar-refractivity contribution is 5.77. The first-order valence-corrected chi connectivity index (χ1v) is 8.66. The second-order valence-corrected chi connectivity index (χ2v) is 6.27. The highest BCUT2D eigenvalue weighted by Crippen LogP contribution is 2.35. The summed E-state index contributed by atoms with van der Waals surface area (Å²) in [6.45, 7) is -0.152. The number of hydrogen-bond donors (Lipinski definition) is 1. The Bertz CT molecular complexity index is 817. The van der Waals surface area contributed by atoms with Gasteiger partial charge in [-0.05, 0) is 37.8 Å². The predicted octanol–water partition coefficient (Wildman–Crippen LogP) is 3.12. The van der Waals surface area contributed by atoms with Gasteiger partial charge in [-0.3, -0.25) is 9.48 Å². The summed E-state index contributed by atoms with van der Waals surface area (Å²) in [6.07, 6.45) is -2.04. The monoisotopic (exact) mass is 385 g/mol. The Kier molecular flexibility index (Phi) is 5.67. The number of benzene rings is 1. The highest BCUT2D eigenvalue weighted by Gasteiger charge is 2.39. The van der Waals surface area contributed by atoms with Gasteiger partial charge in [-0.2, -0.15) is 18.3 Å². The molecule has 1 heterocycles. The molecule has 0 atom stereocenters. The second kappa shape index (κ2) is 7.98. The van der Waals surface area contributed by atoms with Crippen LogP contribution in [0.2, 0.25) is 0 Å². The highest BCUT2D eigenvalue weighted by atomic mass is 19.4. The molecule has 0 aliphatic heterocycles. The zero-order valence-corrected chi connectivity index (χ0v) is 14.5. The van der Waals surface area contributed by atoms with Crippen LogP contribution in [0.4, 0.5) is 17.6 Å². The SMILES string of the molecule is O=C(COc1ccccc1F)NCCn1nc(C(F)(F)F)c2c1CCCC2. The van der Waals surface area contributed by atoms with Gasteiger partial charge in [0.05, 0.1) is 6.54 Å². The van der Waals surface area contributed by atoms with Crippen molar-refractivity contribution in [1.29, 1.82) is 0 Å². The fourth-order valence-electron chi connectivity index (χ4n) is 3.14. The van der Waals surface area contributed by atoms with Gasteiger partial charge in [0.1, 0.15) is 0 Å². The summed E-state index contributed by atoms with van der Waals surface area (Å²) in [5.41, 5.74) is 0.0276. The maximum Gasteiger partial charge on any atom is 0.435 e. The van der Waals surface area contributed by atoms with Crippen molar-refractivity contribution in [3.63, 3.8) is 0 Å². The van der Waals surface area contributed by atoms with E-state index in [0.29, 0.717) is 25.0 Å². The number of carbonyl (C=O) groups is 1. The van der Waals surface area contributed by atoms with Crippen molar-refractivity contribution in [2.24, 2.45) is 0 Å². The zero-order chi connectivity index (χ0) is 19.4. The van der Waals surface area contributed by atoms with E-state index in [4.69, 9.17) is 4.74 Å². The van der Waals surface area contributed by atoms with Crippen LogP contribution in [0.25, 0.3) is 0 Å². The first kappa shape index (κ1) is 19.2. The number of hydrogen-bond acceptors (Lipinski definition) is 3. The topological polar surface area (TPSA) is 56.1 Å². The van der Waals surface area contributed by atoms with Crippen LogP contribution in [0.15, 0.2) is 24.3 Å². The average molecular weight is 385 g/mol. The largest absolute Gasteiger partial charge is 0.481 e. The quantitative estimate of drug-likeness (QED) is 0.778. The van der Waals surface area contributed by atoms with Crippen molar-refractivity contribution in [3.8, 4) is 5.75 Å². The van der Waals surface area contributed by atoms with Crippen molar-refractivity contribution in [2.75, 3.05) is 13.2 Å². The molecule has 1 aromatic carbocycles. The molecule has 5 nitrogen and oxygen atoms in total. The van der Waals surface area contributed by atoms with Crippen molar-refractivity contribution in [3.05, 3.63) is 47.0 Å². The summed E-state index contributed by atoms with van der Waals surface area (Å²) in [5, 5.41) is 6.27. The van der Waals surface area contributed by atoms with E-state index in [1.54, 1.807) is 6.07 Å². The first-order valence-electron chi connectivity index (χ1n) is 8.66. The number of para-hydroxylation sites is 1. The number of halogens is 4. The van der Waals surface area contributed by atoms with Gasteiger partial charge in [-0.25, -0.2) is 4.39 Å². The van der Waals surface area contributed by atoms with E-state index < -0.39 is 23.6 Å².